The zero-order chi connectivity index (χ0) is 15.1. The molecule has 2 aromatic rings. The molecular weight excluding hydrogens is 291 g/mol. The van der Waals surface area contributed by atoms with E-state index in [9.17, 15) is 0 Å². The molecule has 0 bridgehead atoms. The Morgan fingerprint density at radius 3 is 2.35 bits per heavy atom. The molecule has 0 radical (unpaired) electrons. The normalized spacial score (nSPS) is 12.6. The standard InChI is InChI=1S/C16H22Cl2N2/c1-9(2)6-10-12(17)11(7-16(3,4)5)13(18)15-14(10)19-8-20-15/h8-9H,6-7H2,1-5H3,(H,19,20). The van der Waals surface area contributed by atoms with Gasteiger partial charge in [-0.1, -0.05) is 57.8 Å². The molecular formula is C16H22Cl2N2. The highest BCUT2D eigenvalue weighted by Gasteiger charge is 2.23. The van der Waals surface area contributed by atoms with E-state index in [1.807, 2.05) is 0 Å². The van der Waals surface area contributed by atoms with Crippen molar-refractivity contribution in [1.29, 1.82) is 0 Å². The second-order valence-corrected chi connectivity index (χ2v) is 7.80. The molecule has 1 aromatic heterocycles. The van der Waals surface area contributed by atoms with Gasteiger partial charge < -0.3 is 4.98 Å². The van der Waals surface area contributed by atoms with Crippen LogP contribution in [0, 0.1) is 11.3 Å². The maximum Gasteiger partial charge on any atom is 0.0945 e. The summed E-state index contributed by atoms with van der Waals surface area (Å²) in [5.41, 5.74) is 4.10. The summed E-state index contributed by atoms with van der Waals surface area (Å²) in [5, 5.41) is 1.50. The quantitative estimate of drug-likeness (QED) is 0.778. The molecule has 0 spiro atoms. The average molecular weight is 313 g/mol. The van der Waals surface area contributed by atoms with Crippen LogP contribution in [-0.2, 0) is 12.8 Å². The maximum atomic E-state index is 6.66. The maximum absolute atomic E-state index is 6.66. The number of hydrogen-bond donors (Lipinski definition) is 1. The van der Waals surface area contributed by atoms with Crippen LogP contribution in [0.3, 0.4) is 0 Å². The summed E-state index contributed by atoms with van der Waals surface area (Å²) in [6, 6.07) is 0. The molecule has 20 heavy (non-hydrogen) atoms. The number of nitrogens with one attached hydrogen (secondary N) is 1. The van der Waals surface area contributed by atoms with Crippen molar-refractivity contribution in [3.05, 3.63) is 27.5 Å². The van der Waals surface area contributed by atoms with Crippen molar-refractivity contribution in [2.75, 3.05) is 0 Å². The van der Waals surface area contributed by atoms with Gasteiger partial charge in [0.25, 0.3) is 0 Å². The fraction of sp³-hybridized carbons (Fsp3) is 0.562. The number of aromatic amines is 1. The highest BCUT2D eigenvalue weighted by molar-refractivity contribution is 6.40. The first kappa shape index (κ1) is 15.7. The van der Waals surface area contributed by atoms with Crippen LogP contribution in [0.4, 0.5) is 0 Å². The number of halogens is 2. The monoisotopic (exact) mass is 312 g/mol. The average Bonchev–Trinajstić information content (AvgIpc) is 2.77. The first-order chi connectivity index (χ1) is 9.20. The summed E-state index contributed by atoms with van der Waals surface area (Å²) in [6.07, 6.45) is 3.46. The first-order valence-corrected chi connectivity index (χ1v) is 7.78. The third kappa shape index (κ3) is 3.12. The van der Waals surface area contributed by atoms with Crippen LogP contribution >= 0.6 is 23.2 Å². The highest BCUT2D eigenvalue weighted by atomic mass is 35.5. The van der Waals surface area contributed by atoms with Crippen LogP contribution in [0.2, 0.25) is 10.0 Å². The number of rotatable bonds is 3. The summed E-state index contributed by atoms with van der Waals surface area (Å²) in [4.78, 5) is 7.56. The van der Waals surface area contributed by atoms with Crippen LogP contribution < -0.4 is 0 Å². The van der Waals surface area contributed by atoms with E-state index in [1.54, 1.807) is 6.33 Å². The highest BCUT2D eigenvalue weighted by Crippen LogP contribution is 2.39. The van der Waals surface area contributed by atoms with Crippen molar-refractivity contribution in [3.63, 3.8) is 0 Å². The Morgan fingerprint density at radius 2 is 1.80 bits per heavy atom. The Balaban J connectivity index is 2.68. The minimum atomic E-state index is 0.135. The topological polar surface area (TPSA) is 28.7 Å². The molecule has 2 rings (SSSR count). The Hall–Kier alpha value is -0.730. The van der Waals surface area contributed by atoms with E-state index in [0.717, 1.165) is 40.0 Å². The van der Waals surface area contributed by atoms with Gasteiger partial charge in [0, 0.05) is 0 Å². The van der Waals surface area contributed by atoms with Crippen LogP contribution in [0.15, 0.2) is 6.33 Å². The fourth-order valence-electron chi connectivity index (χ4n) is 2.50. The van der Waals surface area contributed by atoms with Gasteiger partial charge in [-0.15, -0.1) is 0 Å². The molecule has 1 heterocycles. The van der Waals surface area contributed by atoms with E-state index in [1.165, 1.54) is 0 Å². The molecule has 2 nitrogen and oxygen atoms in total. The molecule has 0 aliphatic rings. The second kappa shape index (κ2) is 5.57. The zero-order valence-electron chi connectivity index (χ0n) is 12.8. The number of imidazole rings is 1. The van der Waals surface area contributed by atoms with Gasteiger partial charge in [0.1, 0.15) is 0 Å². The van der Waals surface area contributed by atoms with Gasteiger partial charge >= 0.3 is 0 Å². The lowest BCUT2D eigenvalue weighted by molar-refractivity contribution is 0.411. The lowest BCUT2D eigenvalue weighted by atomic mass is 9.86. The Kier molecular flexibility index (Phi) is 4.36. The summed E-state index contributed by atoms with van der Waals surface area (Å²) >= 11 is 13.2. The molecule has 0 saturated carbocycles. The molecule has 1 N–H and O–H groups in total. The molecule has 0 amide bonds. The second-order valence-electron chi connectivity index (χ2n) is 7.05. The Labute approximate surface area is 130 Å². The predicted octanol–water partition coefficient (Wildman–Crippen LogP) is 5.66. The number of benzene rings is 1. The number of H-pyrrole nitrogens is 1. The minimum absolute atomic E-state index is 0.135. The van der Waals surface area contributed by atoms with Gasteiger partial charge in [-0.2, -0.15) is 0 Å². The molecule has 110 valence electrons. The Morgan fingerprint density at radius 1 is 1.15 bits per heavy atom. The molecule has 0 unspecified atom stereocenters. The molecule has 0 aliphatic carbocycles. The smallest absolute Gasteiger partial charge is 0.0945 e. The molecule has 1 aromatic carbocycles. The van der Waals surface area contributed by atoms with Gasteiger partial charge in [0.2, 0.25) is 0 Å². The van der Waals surface area contributed by atoms with Crippen LogP contribution in [0.5, 0.6) is 0 Å². The van der Waals surface area contributed by atoms with Crippen LogP contribution in [0.1, 0.15) is 45.7 Å². The van der Waals surface area contributed by atoms with Gasteiger partial charge in [-0.25, -0.2) is 4.98 Å². The van der Waals surface area contributed by atoms with E-state index in [2.05, 4.69) is 44.6 Å². The zero-order valence-corrected chi connectivity index (χ0v) is 14.3. The lowest BCUT2D eigenvalue weighted by Gasteiger charge is -2.22. The van der Waals surface area contributed by atoms with Crippen molar-refractivity contribution >= 4 is 34.2 Å². The minimum Gasteiger partial charge on any atom is -0.343 e. The summed E-state index contributed by atoms with van der Waals surface area (Å²) in [7, 11) is 0. The van der Waals surface area contributed by atoms with Gasteiger partial charge in [0.15, 0.2) is 0 Å². The van der Waals surface area contributed by atoms with Crippen molar-refractivity contribution < 1.29 is 0 Å². The van der Waals surface area contributed by atoms with Crippen LogP contribution in [0.25, 0.3) is 11.0 Å². The van der Waals surface area contributed by atoms with Crippen molar-refractivity contribution in [1.82, 2.24) is 9.97 Å². The van der Waals surface area contributed by atoms with Crippen LogP contribution in [-0.4, -0.2) is 9.97 Å². The Bertz CT molecular complexity index is 621. The SMILES string of the molecule is CC(C)Cc1c(Cl)c(CC(C)(C)C)c(Cl)c2[nH]cnc12. The molecule has 0 saturated heterocycles. The van der Waals surface area contributed by atoms with E-state index in [0.29, 0.717) is 10.9 Å². The third-order valence-corrected chi connectivity index (χ3v) is 4.13. The van der Waals surface area contributed by atoms with Crippen molar-refractivity contribution in [2.45, 2.75) is 47.5 Å². The van der Waals surface area contributed by atoms with Gasteiger partial charge in [0.05, 0.1) is 27.4 Å². The van der Waals surface area contributed by atoms with E-state index >= 15 is 0 Å². The van der Waals surface area contributed by atoms with Gasteiger partial charge in [-0.05, 0) is 35.3 Å². The van der Waals surface area contributed by atoms with Gasteiger partial charge in [-0.3, -0.25) is 0 Å². The molecule has 0 atom stereocenters. The molecule has 4 heteroatoms. The van der Waals surface area contributed by atoms with Crippen molar-refractivity contribution in [3.8, 4) is 0 Å². The number of hydrogen-bond acceptors (Lipinski definition) is 1. The lowest BCUT2D eigenvalue weighted by Crippen LogP contribution is -2.11. The largest absolute Gasteiger partial charge is 0.343 e. The van der Waals surface area contributed by atoms with Crippen molar-refractivity contribution in [2.24, 2.45) is 11.3 Å². The molecule has 0 fully saturated rings. The third-order valence-electron chi connectivity index (χ3n) is 3.26. The number of aromatic nitrogens is 2. The predicted molar refractivity (Wildman–Crippen MR) is 87.8 cm³/mol. The number of fused-ring (bicyclic) bond motifs is 1. The van der Waals surface area contributed by atoms with E-state index in [-0.39, 0.29) is 5.41 Å². The molecule has 0 aliphatic heterocycles. The summed E-state index contributed by atoms with van der Waals surface area (Å²) in [5.74, 6) is 0.524. The van der Waals surface area contributed by atoms with E-state index in [4.69, 9.17) is 23.2 Å². The van der Waals surface area contributed by atoms with E-state index < -0.39 is 0 Å². The fourth-order valence-corrected chi connectivity index (χ4v) is 3.19. The number of nitrogens with zero attached hydrogens (tertiary/aromatic N) is 1. The first-order valence-electron chi connectivity index (χ1n) is 7.02. The summed E-state index contributed by atoms with van der Waals surface area (Å²) < 4.78 is 0. The summed E-state index contributed by atoms with van der Waals surface area (Å²) in [6.45, 7) is 11.0.